The monoisotopic (exact) mass is 632 g/mol. The SMILES string of the molecule is Cc1c(C(=O)Nc2ccc(Oc3ccnc4cc(OCC5(OS(C)(=O)=O)CC5)ccc34)c(F)c2)c(=O)n(-c2ccccc2)n1C. The third kappa shape index (κ3) is 6.30. The van der Waals surface area contributed by atoms with E-state index < -0.39 is 33.0 Å². The van der Waals surface area contributed by atoms with Gasteiger partial charge < -0.3 is 14.8 Å². The molecule has 6 rings (SSSR count). The van der Waals surface area contributed by atoms with Crippen LogP contribution in [0.25, 0.3) is 16.6 Å². The number of hydrogen-bond donors (Lipinski definition) is 1. The van der Waals surface area contributed by atoms with Crippen LogP contribution in [0.1, 0.15) is 28.9 Å². The summed E-state index contributed by atoms with van der Waals surface area (Å²) in [7, 11) is -1.92. The molecule has 2 heterocycles. The molecule has 1 amide bonds. The van der Waals surface area contributed by atoms with Gasteiger partial charge in [0.1, 0.15) is 29.3 Å². The lowest BCUT2D eigenvalue weighted by molar-refractivity contribution is 0.102. The Hall–Kier alpha value is -5.01. The number of fused-ring (bicyclic) bond motifs is 1. The molecule has 1 N–H and O–H groups in total. The topological polar surface area (TPSA) is 131 Å². The zero-order valence-corrected chi connectivity index (χ0v) is 25.4. The van der Waals surface area contributed by atoms with E-state index in [1.807, 2.05) is 6.07 Å². The minimum atomic E-state index is -3.61. The van der Waals surface area contributed by atoms with Crippen LogP contribution >= 0.6 is 0 Å². The van der Waals surface area contributed by atoms with Crippen LogP contribution in [0.4, 0.5) is 10.1 Å². The summed E-state index contributed by atoms with van der Waals surface area (Å²) in [4.78, 5) is 30.7. The first-order valence-electron chi connectivity index (χ1n) is 14.0. The smallest absolute Gasteiger partial charge is 0.284 e. The molecule has 11 nitrogen and oxygen atoms in total. The van der Waals surface area contributed by atoms with Gasteiger partial charge in [0.25, 0.3) is 21.6 Å². The molecule has 1 fully saturated rings. The number of anilines is 1. The van der Waals surface area contributed by atoms with Crippen molar-refractivity contribution in [3.63, 3.8) is 0 Å². The van der Waals surface area contributed by atoms with Gasteiger partial charge >= 0.3 is 0 Å². The second kappa shape index (κ2) is 11.5. The Balaban J connectivity index is 1.17. The summed E-state index contributed by atoms with van der Waals surface area (Å²) in [5.41, 5.74) is 0.337. The minimum absolute atomic E-state index is 0.0519. The molecule has 0 saturated heterocycles. The highest BCUT2D eigenvalue weighted by Crippen LogP contribution is 2.41. The molecule has 0 spiro atoms. The van der Waals surface area contributed by atoms with Crippen molar-refractivity contribution in [1.29, 1.82) is 0 Å². The number of pyridine rings is 1. The molecule has 1 aliphatic rings. The Labute approximate surface area is 257 Å². The van der Waals surface area contributed by atoms with Gasteiger partial charge in [-0.15, -0.1) is 0 Å². The molecule has 5 aromatic rings. The maximum absolute atomic E-state index is 15.2. The lowest BCUT2D eigenvalue weighted by Crippen LogP contribution is -2.26. The quantitative estimate of drug-likeness (QED) is 0.211. The average molecular weight is 633 g/mol. The largest absolute Gasteiger partial charge is 0.490 e. The second-order valence-corrected chi connectivity index (χ2v) is 12.5. The molecule has 0 unspecified atom stereocenters. The molecule has 3 aromatic carbocycles. The number of carbonyl (C=O) groups is 1. The number of carbonyl (C=O) groups excluding carboxylic acids is 1. The molecule has 0 atom stereocenters. The third-order valence-corrected chi connectivity index (χ3v) is 8.16. The van der Waals surface area contributed by atoms with E-state index in [-0.39, 0.29) is 23.6 Å². The van der Waals surface area contributed by atoms with Crippen molar-refractivity contribution in [1.82, 2.24) is 14.3 Å². The highest BCUT2D eigenvalue weighted by molar-refractivity contribution is 7.86. The predicted octanol–water partition coefficient (Wildman–Crippen LogP) is 5.10. The number of aromatic nitrogens is 3. The van der Waals surface area contributed by atoms with Gasteiger partial charge in [-0.05, 0) is 62.2 Å². The first-order valence-corrected chi connectivity index (χ1v) is 15.8. The number of nitrogens with zero attached hydrogens (tertiary/aromatic N) is 3. The van der Waals surface area contributed by atoms with Crippen LogP contribution < -0.4 is 20.3 Å². The van der Waals surface area contributed by atoms with E-state index in [1.165, 1.54) is 23.0 Å². The molecule has 1 aliphatic carbocycles. The van der Waals surface area contributed by atoms with E-state index in [0.29, 0.717) is 46.6 Å². The minimum Gasteiger partial charge on any atom is -0.490 e. The summed E-state index contributed by atoms with van der Waals surface area (Å²) >= 11 is 0. The Morgan fingerprint density at radius 2 is 1.80 bits per heavy atom. The van der Waals surface area contributed by atoms with Gasteiger partial charge in [0, 0.05) is 36.5 Å². The van der Waals surface area contributed by atoms with Crippen LogP contribution in [0.2, 0.25) is 0 Å². The normalized spacial score (nSPS) is 13.9. The number of rotatable bonds is 10. The Bertz CT molecular complexity index is 2110. The van der Waals surface area contributed by atoms with E-state index in [2.05, 4.69) is 10.3 Å². The van der Waals surface area contributed by atoms with E-state index in [9.17, 15) is 18.0 Å². The van der Waals surface area contributed by atoms with Crippen molar-refractivity contribution >= 4 is 32.6 Å². The summed E-state index contributed by atoms with van der Waals surface area (Å²) in [6.45, 7) is 1.74. The highest BCUT2D eigenvalue weighted by Gasteiger charge is 2.48. The van der Waals surface area contributed by atoms with Crippen molar-refractivity contribution in [3.05, 3.63) is 106 Å². The molecular formula is C32H29FN4O7S. The Morgan fingerprint density at radius 1 is 1.04 bits per heavy atom. The summed E-state index contributed by atoms with van der Waals surface area (Å²) < 4.78 is 58.1. The molecule has 1 saturated carbocycles. The summed E-state index contributed by atoms with van der Waals surface area (Å²) in [5.74, 6) is -0.681. The van der Waals surface area contributed by atoms with Gasteiger partial charge in [0.15, 0.2) is 11.6 Å². The van der Waals surface area contributed by atoms with Crippen molar-refractivity contribution in [2.75, 3.05) is 18.2 Å². The predicted molar refractivity (Wildman–Crippen MR) is 165 cm³/mol. The van der Waals surface area contributed by atoms with E-state index >= 15 is 4.39 Å². The standard InChI is InChI=1S/C32H29FN4O7S/c1-20-29(31(39)37(36(20)2)22-7-5-4-6-8-22)30(38)35-21-9-12-28(25(33)17-21)43-27-13-16-34-26-18-23(10-11-24(26)27)42-19-32(14-15-32)44-45(3,40)41/h4-13,16-18H,14-15,19H2,1-3H3,(H,35,38). The van der Waals surface area contributed by atoms with E-state index in [4.69, 9.17) is 13.7 Å². The molecule has 232 valence electrons. The second-order valence-electron chi connectivity index (χ2n) is 10.9. The van der Waals surface area contributed by atoms with Gasteiger partial charge in [-0.25, -0.2) is 9.07 Å². The van der Waals surface area contributed by atoms with Crippen molar-refractivity contribution < 1.29 is 31.3 Å². The fraction of sp³-hybridized carbons (Fsp3) is 0.219. The Morgan fingerprint density at radius 3 is 2.49 bits per heavy atom. The summed E-state index contributed by atoms with van der Waals surface area (Å²) in [6.07, 6.45) is 3.68. The number of halogens is 1. The lowest BCUT2D eigenvalue weighted by Gasteiger charge is -2.16. The van der Waals surface area contributed by atoms with Crippen LogP contribution in [0.15, 0.2) is 83.8 Å². The van der Waals surface area contributed by atoms with Crippen LogP contribution in [0.3, 0.4) is 0 Å². The van der Waals surface area contributed by atoms with Gasteiger partial charge in [-0.2, -0.15) is 8.42 Å². The number of hydrogen-bond acceptors (Lipinski definition) is 8. The van der Waals surface area contributed by atoms with Crippen LogP contribution in [0, 0.1) is 12.7 Å². The number of nitrogens with one attached hydrogen (secondary N) is 1. The first-order chi connectivity index (χ1) is 21.4. The highest BCUT2D eigenvalue weighted by atomic mass is 32.2. The average Bonchev–Trinajstić information content (AvgIpc) is 3.71. The van der Waals surface area contributed by atoms with Crippen molar-refractivity contribution in [2.24, 2.45) is 7.05 Å². The molecule has 0 radical (unpaired) electrons. The third-order valence-electron chi connectivity index (χ3n) is 7.50. The number of amides is 1. The number of para-hydroxylation sites is 1. The van der Waals surface area contributed by atoms with Crippen molar-refractivity contribution in [3.8, 4) is 22.9 Å². The summed E-state index contributed by atoms with van der Waals surface area (Å²) in [5, 5.41) is 3.20. The Kier molecular flexibility index (Phi) is 7.67. The van der Waals surface area contributed by atoms with Crippen LogP contribution in [-0.2, 0) is 21.3 Å². The van der Waals surface area contributed by atoms with Gasteiger partial charge in [-0.3, -0.25) is 23.4 Å². The molecule has 2 aromatic heterocycles. The number of benzene rings is 3. The zero-order chi connectivity index (χ0) is 31.9. The molecule has 0 bridgehead atoms. The molecule has 13 heteroatoms. The lowest BCUT2D eigenvalue weighted by atomic mass is 10.2. The molecule has 0 aliphatic heterocycles. The van der Waals surface area contributed by atoms with Gasteiger partial charge in [0.2, 0.25) is 0 Å². The van der Waals surface area contributed by atoms with Crippen molar-refractivity contribution in [2.45, 2.75) is 25.4 Å². The summed E-state index contributed by atoms with van der Waals surface area (Å²) in [6, 6.07) is 19.6. The number of ether oxygens (including phenoxy) is 2. The van der Waals surface area contributed by atoms with Gasteiger partial charge in [0.05, 0.1) is 23.2 Å². The fourth-order valence-electron chi connectivity index (χ4n) is 5.01. The van der Waals surface area contributed by atoms with E-state index in [0.717, 1.165) is 12.3 Å². The first kappa shape index (κ1) is 30.0. The van der Waals surface area contributed by atoms with Crippen LogP contribution in [0.5, 0.6) is 17.2 Å². The molecular weight excluding hydrogens is 603 g/mol. The maximum atomic E-state index is 15.2. The van der Waals surface area contributed by atoms with E-state index in [1.54, 1.807) is 67.2 Å². The fourth-order valence-corrected chi connectivity index (χ4v) is 5.87. The zero-order valence-electron chi connectivity index (χ0n) is 24.6. The maximum Gasteiger partial charge on any atom is 0.284 e. The van der Waals surface area contributed by atoms with Crippen LogP contribution in [-0.4, -0.2) is 47.1 Å². The van der Waals surface area contributed by atoms with Gasteiger partial charge in [-0.1, -0.05) is 18.2 Å². The molecule has 45 heavy (non-hydrogen) atoms.